The van der Waals surface area contributed by atoms with E-state index in [1.807, 2.05) is 0 Å². The first-order valence-electron chi connectivity index (χ1n) is 11.9. The molecule has 1 aromatic carbocycles. The number of hydrogen-bond donors (Lipinski definition) is 2. The Morgan fingerprint density at radius 1 is 1.03 bits per heavy atom. The highest BCUT2D eigenvalue weighted by Gasteiger charge is 2.43. The van der Waals surface area contributed by atoms with Gasteiger partial charge >= 0.3 is 6.61 Å². The maximum atomic E-state index is 14.6. The number of alkyl halides is 2. The van der Waals surface area contributed by atoms with Gasteiger partial charge in [-0.05, 0) is 71.8 Å². The van der Waals surface area contributed by atoms with E-state index in [1.165, 1.54) is 24.5 Å². The number of piperidine rings is 1. The smallest absolute Gasteiger partial charge is 0.387 e. The summed E-state index contributed by atoms with van der Waals surface area (Å²) in [6.07, 6.45) is 5.70. The van der Waals surface area contributed by atoms with Gasteiger partial charge in [0, 0.05) is 41.3 Å². The minimum atomic E-state index is -3.06. The molecule has 1 saturated heterocycles. The van der Waals surface area contributed by atoms with Gasteiger partial charge in [-0.2, -0.15) is 13.8 Å². The summed E-state index contributed by atoms with van der Waals surface area (Å²) >= 11 is 0. The average molecular weight is 517 g/mol. The van der Waals surface area contributed by atoms with Crippen LogP contribution in [0.25, 0.3) is 0 Å². The molecule has 11 heteroatoms. The predicted molar refractivity (Wildman–Crippen MR) is 135 cm³/mol. The first kappa shape index (κ1) is 26.5. The van der Waals surface area contributed by atoms with Gasteiger partial charge in [0.25, 0.3) is 0 Å². The fourth-order valence-electron chi connectivity index (χ4n) is 4.72. The maximum Gasteiger partial charge on any atom is 0.387 e. The fraction of sp³-hybridized carbons (Fsp3) is 0.423. The van der Waals surface area contributed by atoms with Crippen molar-refractivity contribution < 1.29 is 22.6 Å². The molecule has 0 bridgehead atoms. The van der Waals surface area contributed by atoms with Crippen molar-refractivity contribution in [1.29, 1.82) is 0 Å². The lowest BCUT2D eigenvalue weighted by atomic mass is 9.77. The number of anilines is 3. The van der Waals surface area contributed by atoms with Crippen LogP contribution in [0.5, 0.6) is 17.2 Å². The maximum absolute atomic E-state index is 14.6. The SMILES string of the molecule is CN1C(C)(C)CC(Nc2nc(Nc3ccc(Oc4ccncc4)c(OC(F)F)c3)ncc2F)CC1(C)C. The lowest BCUT2D eigenvalue weighted by Gasteiger charge is -2.53. The molecule has 2 N–H and O–H groups in total. The van der Waals surface area contributed by atoms with E-state index < -0.39 is 12.4 Å². The zero-order valence-electron chi connectivity index (χ0n) is 21.4. The Morgan fingerprint density at radius 2 is 1.70 bits per heavy atom. The summed E-state index contributed by atoms with van der Waals surface area (Å²) in [5.41, 5.74) is 0.174. The number of ether oxygens (including phenoxy) is 2. The molecule has 0 amide bonds. The number of halogens is 3. The molecule has 4 rings (SSSR count). The third-order valence-electron chi connectivity index (χ3n) is 6.69. The van der Waals surface area contributed by atoms with E-state index in [9.17, 15) is 13.2 Å². The molecular formula is C26H31F3N6O2. The number of rotatable bonds is 8. The molecule has 2 aromatic heterocycles. The van der Waals surface area contributed by atoms with Gasteiger partial charge in [-0.1, -0.05) is 0 Å². The number of benzene rings is 1. The number of likely N-dealkylation sites (tertiary alicyclic amines) is 1. The predicted octanol–water partition coefficient (Wildman–Crippen LogP) is 6.21. The topological polar surface area (TPSA) is 84.4 Å². The normalized spacial score (nSPS) is 17.4. The lowest BCUT2D eigenvalue weighted by molar-refractivity contribution is -0.0509. The third kappa shape index (κ3) is 6.40. The van der Waals surface area contributed by atoms with Crippen molar-refractivity contribution in [1.82, 2.24) is 19.9 Å². The van der Waals surface area contributed by atoms with Gasteiger partial charge in [-0.15, -0.1) is 0 Å². The van der Waals surface area contributed by atoms with Crippen molar-refractivity contribution in [3.8, 4) is 17.2 Å². The molecule has 37 heavy (non-hydrogen) atoms. The molecule has 0 spiro atoms. The van der Waals surface area contributed by atoms with Gasteiger partial charge in [-0.25, -0.2) is 9.37 Å². The zero-order valence-corrected chi connectivity index (χ0v) is 21.4. The molecule has 1 aliphatic rings. The number of pyridine rings is 1. The standard InChI is InChI=1S/C26H31F3N6O2/c1-25(2)13-17(14-26(3,4)35(25)5)32-22-19(27)15-31-24(34-22)33-16-6-7-20(21(12-16)37-23(28)29)36-18-8-10-30-11-9-18/h6-12,15,17,23H,13-14H2,1-5H3,(H2,31,32,33,34). The monoisotopic (exact) mass is 516 g/mol. The van der Waals surface area contributed by atoms with Crippen molar-refractivity contribution in [2.75, 3.05) is 17.7 Å². The molecule has 198 valence electrons. The highest BCUT2D eigenvalue weighted by atomic mass is 19.3. The first-order chi connectivity index (χ1) is 17.4. The summed E-state index contributed by atoms with van der Waals surface area (Å²) in [7, 11) is 2.10. The Morgan fingerprint density at radius 3 is 2.35 bits per heavy atom. The van der Waals surface area contributed by atoms with E-state index in [-0.39, 0.29) is 40.4 Å². The molecule has 0 saturated carbocycles. The Bertz CT molecular complexity index is 1210. The van der Waals surface area contributed by atoms with E-state index >= 15 is 0 Å². The van der Waals surface area contributed by atoms with Gasteiger partial charge in [0.1, 0.15) is 5.75 Å². The van der Waals surface area contributed by atoms with Crippen molar-refractivity contribution in [3.63, 3.8) is 0 Å². The van der Waals surface area contributed by atoms with Crippen LogP contribution in [-0.2, 0) is 0 Å². The summed E-state index contributed by atoms with van der Waals surface area (Å²) in [6.45, 7) is 5.58. The minimum Gasteiger partial charge on any atom is -0.453 e. The van der Waals surface area contributed by atoms with E-state index in [1.54, 1.807) is 18.2 Å². The van der Waals surface area contributed by atoms with Crippen LogP contribution in [0.3, 0.4) is 0 Å². The van der Waals surface area contributed by atoms with Crippen LogP contribution in [0.2, 0.25) is 0 Å². The number of aromatic nitrogens is 3. The Hall–Kier alpha value is -3.60. The van der Waals surface area contributed by atoms with Crippen LogP contribution in [0, 0.1) is 5.82 Å². The van der Waals surface area contributed by atoms with E-state index in [0.29, 0.717) is 11.4 Å². The zero-order chi connectivity index (χ0) is 26.8. The van der Waals surface area contributed by atoms with Gasteiger partial charge < -0.3 is 20.1 Å². The second-order valence-corrected chi connectivity index (χ2v) is 10.3. The summed E-state index contributed by atoms with van der Waals surface area (Å²) < 4.78 is 51.1. The summed E-state index contributed by atoms with van der Waals surface area (Å²) in [5.74, 6) is -0.0999. The molecule has 3 aromatic rings. The van der Waals surface area contributed by atoms with Gasteiger partial charge in [0.15, 0.2) is 23.1 Å². The summed E-state index contributed by atoms with van der Waals surface area (Å²) in [4.78, 5) is 14.5. The molecule has 0 atom stereocenters. The molecule has 1 aliphatic heterocycles. The van der Waals surface area contributed by atoms with Crippen LogP contribution < -0.4 is 20.1 Å². The first-order valence-corrected chi connectivity index (χ1v) is 11.9. The Kier molecular flexibility index (Phi) is 7.44. The lowest BCUT2D eigenvalue weighted by Crippen LogP contribution is -2.61. The minimum absolute atomic E-state index is 0.00545. The summed E-state index contributed by atoms with van der Waals surface area (Å²) in [6, 6.07) is 7.58. The molecule has 3 heterocycles. The van der Waals surface area contributed by atoms with Gasteiger partial charge in [0.05, 0.1) is 6.20 Å². The van der Waals surface area contributed by atoms with Gasteiger partial charge in [-0.3, -0.25) is 9.88 Å². The fourth-order valence-corrected chi connectivity index (χ4v) is 4.72. The second-order valence-electron chi connectivity index (χ2n) is 10.3. The Balaban J connectivity index is 1.53. The van der Waals surface area contributed by atoms with Crippen molar-refractivity contribution in [3.05, 3.63) is 54.7 Å². The third-order valence-corrected chi connectivity index (χ3v) is 6.69. The van der Waals surface area contributed by atoms with Crippen LogP contribution in [0.1, 0.15) is 40.5 Å². The van der Waals surface area contributed by atoms with E-state index in [2.05, 4.69) is 70.0 Å². The van der Waals surface area contributed by atoms with Crippen LogP contribution >= 0.6 is 0 Å². The van der Waals surface area contributed by atoms with E-state index in [4.69, 9.17) is 4.74 Å². The van der Waals surface area contributed by atoms with Crippen LogP contribution in [-0.4, -0.2) is 50.6 Å². The number of hydrogen-bond acceptors (Lipinski definition) is 8. The highest BCUT2D eigenvalue weighted by Crippen LogP contribution is 2.38. The average Bonchev–Trinajstić information content (AvgIpc) is 2.81. The molecule has 0 aliphatic carbocycles. The quantitative estimate of drug-likeness (QED) is 0.366. The second kappa shape index (κ2) is 10.4. The summed E-state index contributed by atoms with van der Waals surface area (Å²) in [5, 5.41) is 6.16. The number of nitrogens with zero attached hydrogens (tertiary/aromatic N) is 4. The van der Waals surface area contributed by atoms with Crippen LogP contribution in [0.15, 0.2) is 48.9 Å². The van der Waals surface area contributed by atoms with Crippen LogP contribution in [0.4, 0.5) is 30.6 Å². The van der Waals surface area contributed by atoms with Crippen molar-refractivity contribution in [2.45, 2.75) is 64.3 Å². The largest absolute Gasteiger partial charge is 0.453 e. The molecule has 1 fully saturated rings. The van der Waals surface area contributed by atoms with Gasteiger partial charge in [0.2, 0.25) is 5.95 Å². The molecule has 0 radical (unpaired) electrons. The number of nitrogens with one attached hydrogen (secondary N) is 2. The van der Waals surface area contributed by atoms with Crippen molar-refractivity contribution in [2.24, 2.45) is 0 Å². The highest BCUT2D eigenvalue weighted by molar-refractivity contribution is 5.61. The Labute approximate surface area is 214 Å². The molecule has 8 nitrogen and oxygen atoms in total. The van der Waals surface area contributed by atoms with Crippen molar-refractivity contribution >= 4 is 17.5 Å². The van der Waals surface area contributed by atoms with E-state index in [0.717, 1.165) is 19.0 Å². The molecule has 0 unspecified atom stereocenters. The molecular weight excluding hydrogens is 485 g/mol.